The van der Waals surface area contributed by atoms with Crippen LogP contribution in [0.4, 0.5) is 13.2 Å². The van der Waals surface area contributed by atoms with Crippen molar-refractivity contribution in [1.29, 1.82) is 0 Å². The average molecular weight is 342 g/mol. The van der Waals surface area contributed by atoms with E-state index in [2.05, 4.69) is 9.97 Å². The molecule has 0 aliphatic heterocycles. The lowest BCUT2D eigenvalue weighted by molar-refractivity contribution is -0.141. The number of hydrogen-bond acceptors (Lipinski definition) is 1. The SMILES string of the molecule is Cc1cc2[nH]c(-c3ccccc3)cc2c2c(=O)cc(C(F)(F)F)[nH]c12. The zero-order chi connectivity index (χ0) is 17.8. The second-order valence-electron chi connectivity index (χ2n) is 6.00. The summed E-state index contributed by atoms with van der Waals surface area (Å²) in [6.07, 6.45) is -4.60. The van der Waals surface area contributed by atoms with E-state index in [1.165, 1.54) is 0 Å². The first-order valence-electron chi connectivity index (χ1n) is 7.66. The van der Waals surface area contributed by atoms with Crippen LogP contribution in [0.1, 0.15) is 11.3 Å². The standard InChI is InChI=1S/C19H13F3N2O/c1-10-7-14-12(8-13(23-14)11-5-3-2-4-6-11)17-15(25)9-16(19(20,21)22)24-18(10)17/h2-9,23H,1H3,(H,24,25). The second-order valence-corrected chi connectivity index (χ2v) is 6.00. The van der Waals surface area contributed by atoms with Crippen LogP contribution in [0, 0.1) is 6.92 Å². The van der Waals surface area contributed by atoms with Crippen molar-refractivity contribution in [3.63, 3.8) is 0 Å². The molecule has 0 bridgehead atoms. The molecule has 0 spiro atoms. The van der Waals surface area contributed by atoms with Gasteiger partial charge in [0.2, 0.25) is 0 Å². The van der Waals surface area contributed by atoms with Crippen LogP contribution in [-0.2, 0) is 6.18 Å². The van der Waals surface area contributed by atoms with Gasteiger partial charge < -0.3 is 9.97 Å². The Labute approximate surface area is 140 Å². The molecule has 0 atom stereocenters. The van der Waals surface area contributed by atoms with Gasteiger partial charge in [0.05, 0.1) is 10.9 Å². The Morgan fingerprint density at radius 1 is 0.960 bits per heavy atom. The van der Waals surface area contributed by atoms with E-state index in [1.807, 2.05) is 30.3 Å². The maximum Gasteiger partial charge on any atom is 0.431 e. The number of nitrogens with one attached hydrogen (secondary N) is 2. The Balaban J connectivity index is 2.07. The van der Waals surface area contributed by atoms with E-state index in [4.69, 9.17) is 0 Å². The number of halogens is 3. The lowest BCUT2D eigenvalue weighted by Gasteiger charge is -2.10. The smallest absolute Gasteiger partial charge is 0.354 e. The maximum atomic E-state index is 13.0. The summed E-state index contributed by atoms with van der Waals surface area (Å²) in [5.74, 6) is 0. The number of benzene rings is 2. The monoisotopic (exact) mass is 342 g/mol. The van der Waals surface area contributed by atoms with E-state index in [0.717, 1.165) is 11.3 Å². The van der Waals surface area contributed by atoms with Gasteiger partial charge in [-0.2, -0.15) is 13.2 Å². The molecule has 0 saturated heterocycles. The number of H-pyrrole nitrogens is 2. The number of rotatable bonds is 1. The van der Waals surface area contributed by atoms with Crippen molar-refractivity contribution in [3.05, 3.63) is 70.0 Å². The highest BCUT2D eigenvalue weighted by atomic mass is 19.4. The third-order valence-corrected chi connectivity index (χ3v) is 4.29. The van der Waals surface area contributed by atoms with Gasteiger partial charge in [0.1, 0.15) is 5.69 Å². The third kappa shape index (κ3) is 2.50. The fourth-order valence-corrected chi connectivity index (χ4v) is 3.13. The Bertz CT molecular complexity index is 1150. The summed E-state index contributed by atoms with van der Waals surface area (Å²) < 4.78 is 39.0. The lowest BCUT2D eigenvalue weighted by atomic mass is 10.0. The zero-order valence-corrected chi connectivity index (χ0v) is 13.2. The molecule has 0 radical (unpaired) electrons. The summed E-state index contributed by atoms with van der Waals surface area (Å²) >= 11 is 0. The predicted octanol–water partition coefficient (Wildman–Crippen LogP) is 5.00. The highest BCUT2D eigenvalue weighted by Gasteiger charge is 2.32. The van der Waals surface area contributed by atoms with Crippen molar-refractivity contribution < 1.29 is 13.2 Å². The van der Waals surface area contributed by atoms with Gasteiger partial charge in [0.25, 0.3) is 0 Å². The van der Waals surface area contributed by atoms with Crippen LogP contribution < -0.4 is 5.43 Å². The van der Waals surface area contributed by atoms with E-state index in [9.17, 15) is 18.0 Å². The third-order valence-electron chi connectivity index (χ3n) is 4.29. The molecule has 25 heavy (non-hydrogen) atoms. The average Bonchev–Trinajstić information content (AvgIpc) is 2.98. The normalized spacial score (nSPS) is 12.2. The van der Waals surface area contributed by atoms with Crippen molar-refractivity contribution in [1.82, 2.24) is 9.97 Å². The molecular formula is C19H13F3N2O. The first-order chi connectivity index (χ1) is 11.8. The minimum absolute atomic E-state index is 0.214. The summed E-state index contributed by atoms with van der Waals surface area (Å²) in [7, 11) is 0. The number of alkyl halides is 3. The fraction of sp³-hybridized carbons (Fsp3) is 0.105. The Morgan fingerprint density at radius 2 is 1.68 bits per heavy atom. The van der Waals surface area contributed by atoms with Gasteiger partial charge in [0.15, 0.2) is 5.43 Å². The topological polar surface area (TPSA) is 48.6 Å². The predicted molar refractivity (Wildman–Crippen MR) is 91.6 cm³/mol. The van der Waals surface area contributed by atoms with Gasteiger partial charge in [-0.05, 0) is 30.2 Å². The lowest BCUT2D eigenvalue weighted by Crippen LogP contribution is -2.14. The fourth-order valence-electron chi connectivity index (χ4n) is 3.13. The first-order valence-corrected chi connectivity index (χ1v) is 7.66. The van der Waals surface area contributed by atoms with Crippen LogP contribution >= 0.6 is 0 Å². The van der Waals surface area contributed by atoms with Crippen molar-refractivity contribution in [3.8, 4) is 11.3 Å². The van der Waals surface area contributed by atoms with Gasteiger partial charge in [-0.3, -0.25) is 4.79 Å². The molecule has 2 aromatic heterocycles. The van der Waals surface area contributed by atoms with Gasteiger partial charge in [-0.15, -0.1) is 0 Å². The van der Waals surface area contributed by atoms with Crippen LogP contribution in [0.3, 0.4) is 0 Å². The Kier molecular flexibility index (Phi) is 3.25. The molecular weight excluding hydrogens is 329 g/mol. The number of pyridine rings is 1. The molecule has 2 N–H and O–H groups in total. The molecule has 0 aliphatic carbocycles. The first kappa shape index (κ1) is 15.5. The Hall–Kier alpha value is -3.02. The molecule has 4 rings (SSSR count). The highest BCUT2D eigenvalue weighted by molar-refractivity contribution is 6.08. The molecule has 0 fully saturated rings. The minimum Gasteiger partial charge on any atom is -0.354 e. The van der Waals surface area contributed by atoms with Crippen LogP contribution in [0.5, 0.6) is 0 Å². The highest BCUT2D eigenvalue weighted by Crippen LogP contribution is 2.32. The summed E-state index contributed by atoms with van der Waals surface area (Å²) in [4.78, 5) is 18.0. The number of aryl methyl sites for hydroxylation is 1. The molecule has 6 heteroatoms. The molecule has 0 amide bonds. The van der Waals surface area contributed by atoms with Crippen molar-refractivity contribution in [2.45, 2.75) is 13.1 Å². The Morgan fingerprint density at radius 3 is 2.36 bits per heavy atom. The van der Waals surface area contributed by atoms with E-state index < -0.39 is 17.3 Å². The molecule has 0 aliphatic rings. The van der Waals surface area contributed by atoms with Crippen LogP contribution in [-0.4, -0.2) is 9.97 Å². The summed E-state index contributed by atoms with van der Waals surface area (Å²) in [6.45, 7) is 1.68. The molecule has 2 aromatic carbocycles. The van der Waals surface area contributed by atoms with Crippen LogP contribution in [0.15, 0.2) is 53.3 Å². The van der Waals surface area contributed by atoms with Crippen molar-refractivity contribution >= 4 is 21.8 Å². The van der Waals surface area contributed by atoms with Gasteiger partial charge in [0, 0.05) is 22.7 Å². The van der Waals surface area contributed by atoms with Crippen LogP contribution in [0.25, 0.3) is 33.1 Å². The number of aromatic nitrogens is 2. The minimum atomic E-state index is -4.60. The van der Waals surface area contributed by atoms with Gasteiger partial charge >= 0.3 is 6.18 Å². The van der Waals surface area contributed by atoms with E-state index in [-0.39, 0.29) is 10.9 Å². The molecule has 0 unspecified atom stereocenters. The van der Waals surface area contributed by atoms with E-state index in [1.54, 1.807) is 19.1 Å². The van der Waals surface area contributed by atoms with Gasteiger partial charge in [-0.1, -0.05) is 30.3 Å². The van der Waals surface area contributed by atoms with Gasteiger partial charge in [-0.25, -0.2) is 0 Å². The number of hydrogen-bond donors (Lipinski definition) is 2. The largest absolute Gasteiger partial charge is 0.431 e. The van der Waals surface area contributed by atoms with E-state index >= 15 is 0 Å². The summed E-state index contributed by atoms with van der Waals surface area (Å²) in [6, 6.07) is 13.7. The molecule has 4 aromatic rings. The summed E-state index contributed by atoms with van der Waals surface area (Å²) in [5, 5.41) is 0.871. The van der Waals surface area contributed by atoms with E-state index in [0.29, 0.717) is 22.5 Å². The quantitative estimate of drug-likeness (QED) is 0.502. The summed E-state index contributed by atoms with van der Waals surface area (Å²) in [5.41, 5.74) is 1.57. The molecule has 3 nitrogen and oxygen atoms in total. The number of aromatic amines is 2. The molecule has 126 valence electrons. The van der Waals surface area contributed by atoms with Crippen molar-refractivity contribution in [2.24, 2.45) is 0 Å². The molecule has 2 heterocycles. The van der Waals surface area contributed by atoms with Crippen LogP contribution in [0.2, 0.25) is 0 Å². The zero-order valence-electron chi connectivity index (χ0n) is 13.2. The second kappa shape index (κ2) is 5.24. The molecule has 0 saturated carbocycles. The van der Waals surface area contributed by atoms with Crippen molar-refractivity contribution in [2.75, 3.05) is 0 Å². The maximum absolute atomic E-state index is 13.0. The number of fused-ring (bicyclic) bond motifs is 3.